The lowest BCUT2D eigenvalue weighted by Crippen LogP contribution is -2.00. The molecule has 0 unspecified atom stereocenters. The molecule has 2 N–H and O–H groups in total. The van der Waals surface area contributed by atoms with E-state index in [9.17, 15) is 9.90 Å². The van der Waals surface area contributed by atoms with Gasteiger partial charge >= 0.3 is 0 Å². The van der Waals surface area contributed by atoms with Crippen molar-refractivity contribution in [3.05, 3.63) is 23.3 Å². The summed E-state index contributed by atoms with van der Waals surface area (Å²) in [5.74, 6) is 0.168. The molecule has 82 valence electrons. The molecule has 1 aromatic carbocycles. The summed E-state index contributed by atoms with van der Waals surface area (Å²) in [6.45, 7) is 1.35. The van der Waals surface area contributed by atoms with Gasteiger partial charge in [0.2, 0.25) is 0 Å². The third kappa shape index (κ3) is 2.47. The fraction of sp³-hybridized carbons (Fsp3) is 0.364. The number of hydrogen-bond donors (Lipinski definition) is 2. The average molecular weight is 210 g/mol. The van der Waals surface area contributed by atoms with Gasteiger partial charge in [-0.25, -0.2) is 0 Å². The number of rotatable bonds is 4. The SMILES string of the molecule is COc1cc(O)c(C(C)=O)cc1CCO. The minimum atomic E-state index is -0.214. The molecular weight excluding hydrogens is 196 g/mol. The second kappa shape index (κ2) is 4.79. The van der Waals surface area contributed by atoms with Crippen LogP contribution in [0.5, 0.6) is 11.5 Å². The van der Waals surface area contributed by atoms with Crippen LogP contribution in [0.1, 0.15) is 22.8 Å². The van der Waals surface area contributed by atoms with Crippen LogP contribution in [-0.4, -0.2) is 29.7 Å². The van der Waals surface area contributed by atoms with Gasteiger partial charge in [-0.2, -0.15) is 0 Å². The van der Waals surface area contributed by atoms with Crippen molar-refractivity contribution in [1.29, 1.82) is 0 Å². The Morgan fingerprint density at radius 2 is 2.13 bits per heavy atom. The van der Waals surface area contributed by atoms with E-state index in [1.807, 2.05) is 0 Å². The van der Waals surface area contributed by atoms with Crippen LogP contribution in [0.15, 0.2) is 12.1 Å². The summed E-state index contributed by atoms with van der Waals surface area (Å²) < 4.78 is 5.03. The van der Waals surface area contributed by atoms with Crippen LogP contribution >= 0.6 is 0 Å². The predicted molar refractivity (Wildman–Crippen MR) is 55.5 cm³/mol. The number of hydrogen-bond acceptors (Lipinski definition) is 4. The predicted octanol–water partition coefficient (Wildman–Crippen LogP) is 1.14. The van der Waals surface area contributed by atoms with Gasteiger partial charge in [0.05, 0.1) is 12.7 Å². The molecule has 4 nitrogen and oxygen atoms in total. The molecule has 0 saturated heterocycles. The Bertz CT molecular complexity index is 371. The summed E-state index contributed by atoms with van der Waals surface area (Å²) in [5.41, 5.74) is 0.960. The Balaban J connectivity index is 3.23. The van der Waals surface area contributed by atoms with E-state index in [2.05, 4.69) is 0 Å². The number of phenolic OH excluding ortho intramolecular Hbond substituents is 1. The summed E-state index contributed by atoms with van der Waals surface area (Å²) in [4.78, 5) is 11.2. The van der Waals surface area contributed by atoms with Crippen molar-refractivity contribution in [2.24, 2.45) is 0 Å². The van der Waals surface area contributed by atoms with Gasteiger partial charge in [-0.15, -0.1) is 0 Å². The molecule has 1 aromatic rings. The second-order valence-corrected chi connectivity index (χ2v) is 3.21. The Kier molecular flexibility index (Phi) is 3.68. The number of carbonyl (C=O) groups is 1. The normalized spacial score (nSPS) is 10.1. The van der Waals surface area contributed by atoms with Crippen molar-refractivity contribution in [1.82, 2.24) is 0 Å². The topological polar surface area (TPSA) is 66.8 Å². The molecule has 0 aliphatic carbocycles. The summed E-state index contributed by atoms with van der Waals surface area (Å²) in [6.07, 6.45) is 0.393. The van der Waals surface area contributed by atoms with Gasteiger partial charge in [0.25, 0.3) is 0 Å². The van der Waals surface area contributed by atoms with Crippen molar-refractivity contribution in [3.8, 4) is 11.5 Å². The molecule has 4 heteroatoms. The highest BCUT2D eigenvalue weighted by atomic mass is 16.5. The van der Waals surface area contributed by atoms with E-state index in [1.54, 1.807) is 6.07 Å². The van der Waals surface area contributed by atoms with E-state index in [4.69, 9.17) is 9.84 Å². The van der Waals surface area contributed by atoms with Crippen LogP contribution in [0.2, 0.25) is 0 Å². The first-order valence-corrected chi connectivity index (χ1v) is 4.61. The number of aliphatic hydroxyl groups is 1. The van der Waals surface area contributed by atoms with Crippen molar-refractivity contribution in [3.63, 3.8) is 0 Å². The molecule has 15 heavy (non-hydrogen) atoms. The number of ether oxygens (including phenoxy) is 1. The quantitative estimate of drug-likeness (QED) is 0.731. The Morgan fingerprint density at radius 3 is 2.60 bits per heavy atom. The molecule has 0 aromatic heterocycles. The lowest BCUT2D eigenvalue weighted by Gasteiger charge is -2.10. The maximum Gasteiger partial charge on any atom is 0.163 e. The fourth-order valence-corrected chi connectivity index (χ4v) is 1.40. The number of benzene rings is 1. The van der Waals surface area contributed by atoms with Gasteiger partial charge in [0, 0.05) is 12.7 Å². The maximum absolute atomic E-state index is 11.2. The van der Waals surface area contributed by atoms with Crippen molar-refractivity contribution in [2.75, 3.05) is 13.7 Å². The van der Waals surface area contributed by atoms with E-state index in [1.165, 1.54) is 20.1 Å². The van der Waals surface area contributed by atoms with Crippen LogP contribution in [0.3, 0.4) is 0 Å². The summed E-state index contributed by atoms with van der Waals surface area (Å²) in [6, 6.07) is 2.94. The highest BCUT2D eigenvalue weighted by Gasteiger charge is 2.12. The number of carbonyl (C=O) groups excluding carboxylic acids is 1. The molecule has 0 bridgehead atoms. The minimum absolute atomic E-state index is 0.0293. The van der Waals surface area contributed by atoms with Crippen LogP contribution in [0, 0.1) is 0 Å². The highest BCUT2D eigenvalue weighted by Crippen LogP contribution is 2.28. The largest absolute Gasteiger partial charge is 0.507 e. The molecule has 0 aliphatic rings. The monoisotopic (exact) mass is 210 g/mol. The molecule has 0 atom stereocenters. The van der Waals surface area contributed by atoms with E-state index in [0.29, 0.717) is 17.7 Å². The van der Waals surface area contributed by atoms with Gasteiger partial charge in [-0.1, -0.05) is 0 Å². The number of aromatic hydroxyl groups is 1. The molecular formula is C11H14O4. The van der Waals surface area contributed by atoms with Crippen LogP contribution in [0.25, 0.3) is 0 Å². The van der Waals surface area contributed by atoms with Gasteiger partial charge in [0.15, 0.2) is 5.78 Å². The van der Waals surface area contributed by atoms with Gasteiger partial charge < -0.3 is 14.9 Å². The average Bonchev–Trinajstić information content (AvgIpc) is 2.20. The van der Waals surface area contributed by atoms with Crippen LogP contribution in [-0.2, 0) is 6.42 Å². The zero-order chi connectivity index (χ0) is 11.4. The first kappa shape index (κ1) is 11.5. The number of methoxy groups -OCH3 is 1. The third-order valence-corrected chi connectivity index (χ3v) is 2.16. The molecule has 0 fully saturated rings. The van der Waals surface area contributed by atoms with E-state index in [-0.39, 0.29) is 23.7 Å². The lowest BCUT2D eigenvalue weighted by atomic mass is 10.0. The Morgan fingerprint density at radius 1 is 1.47 bits per heavy atom. The van der Waals surface area contributed by atoms with Crippen molar-refractivity contribution < 1.29 is 19.7 Å². The Hall–Kier alpha value is -1.55. The van der Waals surface area contributed by atoms with E-state index >= 15 is 0 Å². The van der Waals surface area contributed by atoms with Gasteiger partial charge in [-0.3, -0.25) is 4.79 Å². The maximum atomic E-state index is 11.2. The first-order chi connectivity index (χ1) is 7.10. The van der Waals surface area contributed by atoms with Crippen molar-refractivity contribution >= 4 is 5.78 Å². The molecule has 0 radical (unpaired) electrons. The first-order valence-electron chi connectivity index (χ1n) is 4.61. The van der Waals surface area contributed by atoms with Gasteiger partial charge in [-0.05, 0) is 25.0 Å². The standard InChI is InChI=1S/C11H14O4/c1-7(13)9-5-8(3-4-12)11(15-2)6-10(9)14/h5-6,12,14H,3-4H2,1-2H3. The summed E-state index contributed by atoms with van der Waals surface area (Å²) >= 11 is 0. The zero-order valence-electron chi connectivity index (χ0n) is 8.78. The summed E-state index contributed by atoms with van der Waals surface area (Å²) in [7, 11) is 1.48. The number of phenols is 1. The highest BCUT2D eigenvalue weighted by molar-refractivity contribution is 5.97. The molecule has 0 saturated carbocycles. The fourth-order valence-electron chi connectivity index (χ4n) is 1.40. The lowest BCUT2D eigenvalue weighted by molar-refractivity contribution is 0.101. The van der Waals surface area contributed by atoms with E-state index < -0.39 is 0 Å². The van der Waals surface area contributed by atoms with Crippen molar-refractivity contribution in [2.45, 2.75) is 13.3 Å². The number of Topliss-reactive ketones (excluding diaryl/α,β-unsaturated/α-hetero) is 1. The second-order valence-electron chi connectivity index (χ2n) is 3.21. The molecule has 1 rings (SSSR count). The number of aliphatic hydroxyl groups excluding tert-OH is 1. The third-order valence-electron chi connectivity index (χ3n) is 2.16. The zero-order valence-corrected chi connectivity index (χ0v) is 8.78. The van der Waals surface area contributed by atoms with Crippen LogP contribution < -0.4 is 4.74 Å². The van der Waals surface area contributed by atoms with E-state index in [0.717, 1.165) is 0 Å². The molecule has 0 spiro atoms. The summed E-state index contributed by atoms with van der Waals surface area (Å²) in [5, 5.41) is 18.4. The van der Waals surface area contributed by atoms with Gasteiger partial charge in [0.1, 0.15) is 11.5 Å². The molecule has 0 amide bonds. The molecule has 0 heterocycles. The minimum Gasteiger partial charge on any atom is -0.507 e. The Labute approximate surface area is 88.1 Å². The van der Waals surface area contributed by atoms with Crippen LogP contribution in [0.4, 0.5) is 0 Å². The smallest absolute Gasteiger partial charge is 0.163 e. The molecule has 0 aliphatic heterocycles. The number of ketones is 1.